The number of hydrogen-bond donors (Lipinski definition) is 3. The minimum Gasteiger partial charge on any atom is -0.394 e. The number of pyridine rings is 1. The fourth-order valence-corrected chi connectivity index (χ4v) is 4.80. The lowest BCUT2D eigenvalue weighted by Gasteiger charge is -2.23. The number of aliphatic hydroxyl groups is 1. The van der Waals surface area contributed by atoms with Crippen LogP contribution in [0, 0.1) is 0 Å². The van der Waals surface area contributed by atoms with E-state index in [1.807, 2.05) is 24.3 Å². The molecule has 0 radical (unpaired) electrons. The lowest BCUT2D eigenvalue weighted by molar-refractivity contribution is -0.123. The van der Waals surface area contributed by atoms with Crippen molar-refractivity contribution in [3.63, 3.8) is 0 Å². The van der Waals surface area contributed by atoms with Crippen molar-refractivity contribution < 1.29 is 19.4 Å². The van der Waals surface area contributed by atoms with Gasteiger partial charge in [-0.25, -0.2) is 9.97 Å². The first-order valence-electron chi connectivity index (χ1n) is 13.4. The highest BCUT2D eigenvalue weighted by Crippen LogP contribution is 2.27. The van der Waals surface area contributed by atoms with Gasteiger partial charge in [0.15, 0.2) is 6.29 Å². The molecule has 0 aliphatic carbocycles. The summed E-state index contributed by atoms with van der Waals surface area (Å²) in [5, 5.41) is 16.4. The van der Waals surface area contributed by atoms with Crippen molar-refractivity contribution in [2.24, 2.45) is 0 Å². The Hall–Kier alpha value is -3.44. The van der Waals surface area contributed by atoms with E-state index >= 15 is 0 Å². The summed E-state index contributed by atoms with van der Waals surface area (Å²) in [7, 11) is 1.77. The Bertz CT molecular complexity index is 1320. The minimum atomic E-state index is -0.501. The van der Waals surface area contributed by atoms with Gasteiger partial charge in [-0.05, 0) is 43.5 Å². The first kappa shape index (κ1) is 29.5. The highest BCUT2D eigenvalue weighted by atomic mass is 35.5. The molecule has 40 heavy (non-hydrogen) atoms. The van der Waals surface area contributed by atoms with Gasteiger partial charge < -0.3 is 20.5 Å². The third kappa shape index (κ3) is 7.82. The number of likely N-dealkylation sites (N-methyl/N-ethyl adjacent to an activating group) is 1. The van der Waals surface area contributed by atoms with E-state index in [0.29, 0.717) is 46.7 Å². The molecule has 1 amide bonds. The number of anilines is 1. The molecule has 0 saturated carbocycles. The zero-order chi connectivity index (χ0) is 28.5. The van der Waals surface area contributed by atoms with E-state index < -0.39 is 6.04 Å². The number of nitrogens with one attached hydrogen (secondary N) is 2. The Morgan fingerprint density at radius 2 is 2.05 bits per heavy atom. The molecule has 1 aliphatic rings. The van der Waals surface area contributed by atoms with Crippen molar-refractivity contribution >= 4 is 29.7 Å². The molecule has 1 fully saturated rings. The van der Waals surface area contributed by atoms with Gasteiger partial charge in [0.25, 0.3) is 0 Å². The van der Waals surface area contributed by atoms with Crippen LogP contribution < -0.4 is 10.6 Å². The number of aliphatic hydroxyl groups excluding tert-OH is 1. The number of carbonyl (C=O) groups is 2. The molecule has 212 valence electrons. The number of nitrogens with zero attached hydrogens (tertiary/aromatic N) is 4. The van der Waals surface area contributed by atoms with Crippen LogP contribution in [0.5, 0.6) is 0 Å². The normalized spacial score (nSPS) is 14.6. The highest BCUT2D eigenvalue weighted by Gasteiger charge is 2.19. The van der Waals surface area contributed by atoms with E-state index in [4.69, 9.17) is 16.3 Å². The van der Waals surface area contributed by atoms with Crippen molar-refractivity contribution in [1.82, 2.24) is 25.2 Å². The lowest BCUT2D eigenvalue weighted by Crippen LogP contribution is -2.38. The fraction of sp³-hybridized carbons (Fsp3) is 0.414. The van der Waals surface area contributed by atoms with E-state index in [1.54, 1.807) is 24.2 Å². The van der Waals surface area contributed by atoms with Crippen LogP contribution in [0.3, 0.4) is 0 Å². The molecular weight excluding hydrogens is 532 g/mol. The highest BCUT2D eigenvalue weighted by molar-refractivity contribution is 6.32. The Kier molecular flexibility index (Phi) is 10.5. The molecule has 3 N–H and O–H groups in total. The van der Waals surface area contributed by atoms with Crippen molar-refractivity contribution in [3.05, 3.63) is 70.1 Å². The zero-order valence-electron chi connectivity index (χ0n) is 22.8. The first-order valence-corrected chi connectivity index (χ1v) is 13.8. The van der Waals surface area contributed by atoms with Crippen LogP contribution >= 0.6 is 11.6 Å². The summed E-state index contributed by atoms with van der Waals surface area (Å²) < 4.78 is 5.40. The summed E-state index contributed by atoms with van der Waals surface area (Å²) in [5.41, 5.74) is 3.95. The lowest BCUT2D eigenvalue weighted by atomic mass is 10.0. The number of amides is 1. The molecule has 1 aromatic carbocycles. The third-order valence-electron chi connectivity index (χ3n) is 6.82. The molecule has 11 heteroatoms. The van der Waals surface area contributed by atoms with Gasteiger partial charge in [0.2, 0.25) is 11.9 Å². The van der Waals surface area contributed by atoms with Crippen LogP contribution in [-0.2, 0) is 22.5 Å². The van der Waals surface area contributed by atoms with Crippen molar-refractivity contribution in [3.8, 4) is 11.3 Å². The average molecular weight is 567 g/mol. The van der Waals surface area contributed by atoms with Gasteiger partial charge in [0.1, 0.15) is 0 Å². The standard InChI is InChI=1S/C29H35ClN6O4/c1-3-19-5-4-6-20(11-19)26(18-38)34-27(39)16-36(2)15-25-22(17-37)12-21(13-31-25)28-24(30)14-32-29(35-28)33-23-7-9-40-10-8-23/h4-6,11-14,17,23,26,38H,3,7-10,15-16,18H2,1-2H3,(H,34,39)(H,32,33,35). The number of carbonyl (C=O) groups excluding carboxylic acids is 2. The number of aromatic nitrogens is 3. The maximum Gasteiger partial charge on any atom is 0.234 e. The number of aryl methyl sites for hydroxylation is 1. The summed E-state index contributed by atoms with van der Waals surface area (Å²) in [4.78, 5) is 39.9. The molecule has 3 aromatic rings. The molecule has 0 spiro atoms. The van der Waals surface area contributed by atoms with Gasteiger partial charge in [0, 0.05) is 43.1 Å². The first-order chi connectivity index (χ1) is 19.4. The van der Waals surface area contributed by atoms with Gasteiger partial charge in [-0.1, -0.05) is 42.8 Å². The summed E-state index contributed by atoms with van der Waals surface area (Å²) >= 11 is 6.41. The Morgan fingerprint density at radius 3 is 2.77 bits per heavy atom. The van der Waals surface area contributed by atoms with Crippen molar-refractivity contribution in [1.29, 1.82) is 0 Å². The van der Waals surface area contributed by atoms with Gasteiger partial charge >= 0.3 is 0 Å². The van der Waals surface area contributed by atoms with Gasteiger partial charge in [-0.3, -0.25) is 19.5 Å². The maximum atomic E-state index is 12.8. The van der Waals surface area contributed by atoms with E-state index in [1.165, 1.54) is 6.20 Å². The second kappa shape index (κ2) is 14.3. The number of halogens is 1. The number of aldehydes is 1. The summed E-state index contributed by atoms with van der Waals surface area (Å²) in [6.45, 7) is 3.56. The van der Waals surface area contributed by atoms with Gasteiger partial charge in [-0.15, -0.1) is 0 Å². The van der Waals surface area contributed by atoms with Crippen molar-refractivity contribution in [2.75, 3.05) is 38.7 Å². The minimum absolute atomic E-state index is 0.0602. The molecule has 2 aromatic heterocycles. The second-order valence-electron chi connectivity index (χ2n) is 9.87. The smallest absolute Gasteiger partial charge is 0.234 e. The zero-order valence-corrected chi connectivity index (χ0v) is 23.5. The van der Waals surface area contributed by atoms with E-state index in [0.717, 1.165) is 36.7 Å². The molecular formula is C29H35ClN6O4. The van der Waals surface area contributed by atoms with E-state index in [9.17, 15) is 14.7 Å². The van der Waals surface area contributed by atoms with Crippen LogP contribution in [0.1, 0.15) is 53.0 Å². The Labute approximate surface area is 239 Å². The van der Waals surface area contributed by atoms with Crippen molar-refractivity contribution in [2.45, 2.75) is 44.8 Å². The molecule has 10 nitrogen and oxygen atoms in total. The summed E-state index contributed by atoms with van der Waals surface area (Å²) in [6.07, 6.45) is 6.48. The molecule has 1 unspecified atom stereocenters. The van der Waals surface area contributed by atoms with Crippen LogP contribution in [-0.4, -0.2) is 76.6 Å². The molecule has 4 rings (SSSR count). The van der Waals surface area contributed by atoms with E-state index in [-0.39, 0.29) is 31.6 Å². The Morgan fingerprint density at radius 1 is 1.25 bits per heavy atom. The summed E-state index contributed by atoms with van der Waals surface area (Å²) in [5.74, 6) is 0.210. The number of rotatable bonds is 12. The van der Waals surface area contributed by atoms with E-state index in [2.05, 4.69) is 32.5 Å². The van der Waals surface area contributed by atoms with Gasteiger partial charge in [-0.2, -0.15) is 0 Å². The van der Waals surface area contributed by atoms with Crippen LogP contribution in [0.15, 0.2) is 42.7 Å². The topological polar surface area (TPSA) is 130 Å². The predicted octanol–water partition coefficient (Wildman–Crippen LogP) is 3.44. The SMILES string of the molecule is CCc1cccc(C(CO)NC(=O)CN(C)Cc2ncc(-c3nc(NC4CCOCC4)ncc3Cl)cc2C=O)c1. The molecule has 1 atom stereocenters. The second-order valence-corrected chi connectivity index (χ2v) is 10.3. The number of benzene rings is 1. The van der Waals surface area contributed by atoms with Gasteiger partial charge in [0.05, 0.1) is 41.8 Å². The summed E-state index contributed by atoms with van der Waals surface area (Å²) in [6, 6.07) is 9.22. The molecule has 1 aliphatic heterocycles. The predicted molar refractivity (Wildman–Crippen MR) is 153 cm³/mol. The largest absolute Gasteiger partial charge is 0.394 e. The molecule has 0 bridgehead atoms. The number of ether oxygens (including phenoxy) is 1. The number of hydrogen-bond acceptors (Lipinski definition) is 9. The molecule has 3 heterocycles. The van der Waals surface area contributed by atoms with Crippen LogP contribution in [0.25, 0.3) is 11.3 Å². The Balaban J connectivity index is 1.41. The maximum absolute atomic E-state index is 12.8. The van der Waals surface area contributed by atoms with Crippen LogP contribution in [0.4, 0.5) is 5.95 Å². The molecule has 1 saturated heterocycles. The third-order valence-corrected chi connectivity index (χ3v) is 7.09. The monoisotopic (exact) mass is 566 g/mol. The average Bonchev–Trinajstić information content (AvgIpc) is 2.97. The fourth-order valence-electron chi connectivity index (χ4n) is 4.60. The quantitative estimate of drug-likeness (QED) is 0.282. The van der Waals surface area contributed by atoms with Crippen LogP contribution in [0.2, 0.25) is 5.02 Å².